The number of ether oxygens (including phenoxy) is 1. The number of rotatable bonds is 3. The Hall–Kier alpha value is -3.02. The molecule has 1 fully saturated rings. The lowest BCUT2D eigenvalue weighted by atomic mass is 9.82. The fraction of sp³-hybridized carbons (Fsp3) is 0.462. The van der Waals surface area contributed by atoms with Gasteiger partial charge >= 0.3 is 12.1 Å². The van der Waals surface area contributed by atoms with Crippen molar-refractivity contribution in [1.29, 1.82) is 0 Å². The van der Waals surface area contributed by atoms with Crippen molar-refractivity contribution in [2.45, 2.75) is 77.1 Å². The van der Waals surface area contributed by atoms with Gasteiger partial charge in [0.2, 0.25) is 0 Å². The van der Waals surface area contributed by atoms with Crippen LogP contribution in [0.2, 0.25) is 0 Å². The predicted octanol–water partition coefficient (Wildman–Crippen LogP) is 5.79. The monoisotopic (exact) mass is 435 g/mol. The van der Waals surface area contributed by atoms with Gasteiger partial charge in [0.05, 0.1) is 0 Å². The summed E-state index contributed by atoms with van der Waals surface area (Å²) in [4.78, 5) is 26.5. The first-order valence-corrected chi connectivity index (χ1v) is 11.5. The van der Waals surface area contributed by atoms with Crippen molar-refractivity contribution >= 4 is 17.8 Å². The zero-order chi connectivity index (χ0) is 22.7. The standard InChI is InChI=1S/C26H33N3O3/c1-26(2,3)32-25(31)28-23-14-10-19(11-15-23)18-8-12-22(13-9-18)27-24(30)29-16-20-6-4-5-7-21(20)17-29/h4-9,12-13,19,23H,10-11,14-17H2,1-3H3,(H,27,30)(H,28,31). The van der Waals surface area contributed by atoms with Gasteiger partial charge in [0.25, 0.3) is 0 Å². The molecule has 0 radical (unpaired) electrons. The molecule has 1 saturated carbocycles. The van der Waals surface area contributed by atoms with E-state index in [4.69, 9.17) is 4.74 Å². The van der Waals surface area contributed by atoms with Gasteiger partial charge in [0.1, 0.15) is 5.60 Å². The smallest absolute Gasteiger partial charge is 0.407 e. The maximum atomic E-state index is 12.7. The average molecular weight is 436 g/mol. The van der Waals surface area contributed by atoms with E-state index < -0.39 is 5.60 Å². The molecule has 6 heteroatoms. The first kappa shape index (κ1) is 22.2. The lowest BCUT2D eigenvalue weighted by Gasteiger charge is -2.30. The molecule has 1 aliphatic carbocycles. The van der Waals surface area contributed by atoms with E-state index in [0.717, 1.165) is 31.4 Å². The number of hydrogen-bond donors (Lipinski definition) is 2. The van der Waals surface area contributed by atoms with Crippen molar-refractivity contribution in [3.63, 3.8) is 0 Å². The highest BCUT2D eigenvalue weighted by Gasteiger charge is 2.26. The highest BCUT2D eigenvalue weighted by molar-refractivity contribution is 5.89. The Morgan fingerprint density at radius 3 is 2.06 bits per heavy atom. The Morgan fingerprint density at radius 2 is 1.50 bits per heavy atom. The molecule has 3 amide bonds. The van der Waals surface area contributed by atoms with Crippen LogP contribution in [0.3, 0.4) is 0 Å². The van der Waals surface area contributed by atoms with Crippen LogP contribution >= 0.6 is 0 Å². The summed E-state index contributed by atoms with van der Waals surface area (Å²) in [6, 6.07) is 16.5. The number of urea groups is 1. The lowest BCUT2D eigenvalue weighted by molar-refractivity contribution is 0.0491. The third-order valence-corrected chi connectivity index (χ3v) is 6.21. The molecule has 0 bridgehead atoms. The minimum atomic E-state index is -0.475. The first-order valence-electron chi connectivity index (χ1n) is 11.5. The van der Waals surface area contributed by atoms with Crippen molar-refractivity contribution < 1.29 is 14.3 Å². The second kappa shape index (κ2) is 9.23. The molecule has 2 N–H and O–H groups in total. The van der Waals surface area contributed by atoms with E-state index in [-0.39, 0.29) is 18.2 Å². The van der Waals surface area contributed by atoms with Gasteiger partial charge in [0.15, 0.2) is 0 Å². The number of benzene rings is 2. The van der Waals surface area contributed by atoms with Crippen LogP contribution in [-0.4, -0.2) is 28.7 Å². The van der Waals surface area contributed by atoms with Crippen LogP contribution in [0.5, 0.6) is 0 Å². The van der Waals surface area contributed by atoms with Crippen LogP contribution < -0.4 is 10.6 Å². The zero-order valence-corrected chi connectivity index (χ0v) is 19.2. The Kier molecular flexibility index (Phi) is 6.40. The number of hydrogen-bond acceptors (Lipinski definition) is 3. The van der Waals surface area contributed by atoms with Crippen molar-refractivity contribution in [1.82, 2.24) is 10.2 Å². The number of nitrogens with one attached hydrogen (secondary N) is 2. The number of alkyl carbamates (subject to hydrolysis) is 1. The largest absolute Gasteiger partial charge is 0.444 e. The average Bonchev–Trinajstić information content (AvgIpc) is 3.18. The van der Waals surface area contributed by atoms with Gasteiger partial charge in [-0.25, -0.2) is 9.59 Å². The summed E-state index contributed by atoms with van der Waals surface area (Å²) in [6.45, 7) is 6.93. The van der Waals surface area contributed by atoms with Gasteiger partial charge in [-0.15, -0.1) is 0 Å². The van der Waals surface area contributed by atoms with E-state index in [2.05, 4.69) is 34.9 Å². The molecular weight excluding hydrogens is 402 g/mol. The fourth-order valence-electron chi connectivity index (χ4n) is 4.56. The van der Waals surface area contributed by atoms with E-state index in [1.165, 1.54) is 16.7 Å². The Bertz CT molecular complexity index is 932. The number of amides is 3. The highest BCUT2D eigenvalue weighted by Crippen LogP contribution is 2.33. The molecule has 2 aromatic rings. The molecule has 32 heavy (non-hydrogen) atoms. The van der Waals surface area contributed by atoms with Gasteiger partial charge in [-0.05, 0) is 81.2 Å². The first-order chi connectivity index (χ1) is 15.3. The SMILES string of the molecule is CC(C)(C)OC(=O)NC1CCC(c2ccc(NC(=O)N3Cc4ccccc4C3)cc2)CC1. The summed E-state index contributed by atoms with van der Waals surface area (Å²) in [5.41, 5.74) is 4.06. The van der Waals surface area contributed by atoms with Gasteiger partial charge < -0.3 is 20.3 Å². The van der Waals surface area contributed by atoms with Crippen LogP contribution in [-0.2, 0) is 17.8 Å². The molecule has 6 nitrogen and oxygen atoms in total. The van der Waals surface area contributed by atoms with Gasteiger partial charge in [-0.1, -0.05) is 36.4 Å². The molecule has 0 saturated heterocycles. The number of fused-ring (bicyclic) bond motifs is 1. The third kappa shape index (κ3) is 5.61. The molecule has 0 unspecified atom stereocenters. The van der Waals surface area contributed by atoms with E-state index in [0.29, 0.717) is 19.0 Å². The number of carbonyl (C=O) groups is 2. The van der Waals surface area contributed by atoms with Crippen molar-refractivity contribution in [3.8, 4) is 0 Å². The van der Waals surface area contributed by atoms with Gasteiger partial charge in [-0.3, -0.25) is 0 Å². The normalized spacial score (nSPS) is 20.4. The van der Waals surface area contributed by atoms with Crippen molar-refractivity contribution in [2.24, 2.45) is 0 Å². The molecule has 170 valence electrons. The minimum Gasteiger partial charge on any atom is -0.444 e. The summed E-state index contributed by atoms with van der Waals surface area (Å²) < 4.78 is 5.36. The maximum Gasteiger partial charge on any atom is 0.407 e. The Morgan fingerprint density at radius 1 is 0.906 bits per heavy atom. The summed E-state index contributed by atoms with van der Waals surface area (Å²) in [5, 5.41) is 6.02. The molecule has 0 atom stereocenters. The maximum absolute atomic E-state index is 12.7. The van der Waals surface area contributed by atoms with E-state index in [9.17, 15) is 9.59 Å². The van der Waals surface area contributed by atoms with E-state index in [1.807, 2.05) is 49.9 Å². The third-order valence-electron chi connectivity index (χ3n) is 6.21. The fourth-order valence-corrected chi connectivity index (χ4v) is 4.56. The highest BCUT2D eigenvalue weighted by atomic mass is 16.6. The molecule has 0 aromatic heterocycles. The second-order valence-electron chi connectivity index (χ2n) is 9.87. The summed E-state index contributed by atoms with van der Waals surface area (Å²) >= 11 is 0. The molecule has 2 aliphatic rings. The molecule has 2 aromatic carbocycles. The van der Waals surface area contributed by atoms with Crippen LogP contribution in [0.4, 0.5) is 15.3 Å². The Balaban J connectivity index is 1.25. The minimum absolute atomic E-state index is 0.0670. The van der Waals surface area contributed by atoms with Crippen LogP contribution in [0.25, 0.3) is 0 Å². The summed E-state index contributed by atoms with van der Waals surface area (Å²) in [6.07, 6.45) is 3.61. The predicted molar refractivity (Wildman–Crippen MR) is 126 cm³/mol. The number of nitrogens with zero attached hydrogens (tertiary/aromatic N) is 1. The molecule has 1 heterocycles. The quantitative estimate of drug-likeness (QED) is 0.641. The number of anilines is 1. The molecule has 1 aliphatic heterocycles. The topological polar surface area (TPSA) is 70.7 Å². The van der Waals surface area contributed by atoms with Crippen molar-refractivity contribution in [3.05, 3.63) is 65.2 Å². The molecule has 4 rings (SSSR count). The van der Waals surface area contributed by atoms with E-state index >= 15 is 0 Å². The van der Waals surface area contributed by atoms with Crippen LogP contribution in [0, 0.1) is 0 Å². The van der Waals surface area contributed by atoms with E-state index in [1.54, 1.807) is 0 Å². The van der Waals surface area contributed by atoms with Crippen LogP contribution in [0.15, 0.2) is 48.5 Å². The number of carbonyl (C=O) groups excluding carboxylic acids is 2. The zero-order valence-electron chi connectivity index (χ0n) is 19.2. The Labute approximate surface area is 190 Å². The van der Waals surface area contributed by atoms with Gasteiger partial charge in [0, 0.05) is 24.8 Å². The van der Waals surface area contributed by atoms with Gasteiger partial charge in [-0.2, -0.15) is 0 Å². The lowest BCUT2D eigenvalue weighted by Crippen LogP contribution is -2.40. The van der Waals surface area contributed by atoms with Crippen LogP contribution in [0.1, 0.15) is 69.1 Å². The van der Waals surface area contributed by atoms with Crippen molar-refractivity contribution in [2.75, 3.05) is 5.32 Å². The summed E-state index contributed by atoms with van der Waals surface area (Å²) in [7, 11) is 0. The molecule has 0 spiro atoms. The second-order valence-corrected chi connectivity index (χ2v) is 9.87. The summed E-state index contributed by atoms with van der Waals surface area (Å²) in [5.74, 6) is 0.476. The molecular formula is C26H33N3O3.